The van der Waals surface area contributed by atoms with E-state index < -0.39 is 30.3 Å². The molecule has 0 aliphatic carbocycles. The molecule has 7 nitrogen and oxygen atoms in total. The number of carbonyl (C=O) groups excluding carboxylic acids is 4. The van der Waals surface area contributed by atoms with Crippen LogP contribution in [0.15, 0.2) is 24.8 Å². The minimum atomic E-state index is -0.755. The fraction of sp³-hybridized carbons (Fsp3) is 0.385. The molecule has 1 aliphatic rings. The average Bonchev–Trinajstić information content (AvgIpc) is 2.66. The van der Waals surface area contributed by atoms with Gasteiger partial charge in [0.15, 0.2) is 0 Å². The number of imide groups is 1. The Bertz CT molecular complexity index is 409. The van der Waals surface area contributed by atoms with Crippen molar-refractivity contribution >= 4 is 23.8 Å². The number of nitrogens with zero attached hydrogens (tertiary/aromatic N) is 1. The van der Waals surface area contributed by atoms with Crippen LogP contribution in [0, 0.1) is 0 Å². The zero-order valence-electron chi connectivity index (χ0n) is 9.46. The van der Waals surface area contributed by atoms with Gasteiger partial charge in [-0.15, -0.1) is 0 Å². The van der Waals surface area contributed by atoms with Gasteiger partial charge in [0.1, 0.15) is 19.8 Å². The molecule has 1 heterocycles. The largest absolute Gasteiger partial charge is 0.461 e. The molecule has 0 aromatic carbocycles. The standard InChI is InChI=1S/C11H11NO6.2CH4/c1-2-10(15)17-5-6-18-11(16)7-12-8(13)3-4-9(12)14;;/h2-4H,1,5-7H2;2*1H4. The molecule has 0 N–H and O–H groups in total. The summed E-state index contributed by atoms with van der Waals surface area (Å²) in [6.45, 7) is 2.47. The summed E-state index contributed by atoms with van der Waals surface area (Å²) in [5.41, 5.74) is 0. The molecule has 0 spiro atoms. The van der Waals surface area contributed by atoms with Crippen molar-refractivity contribution in [2.24, 2.45) is 0 Å². The predicted octanol–water partition coefficient (Wildman–Crippen LogP) is 0.456. The van der Waals surface area contributed by atoms with Crippen molar-refractivity contribution in [2.75, 3.05) is 19.8 Å². The van der Waals surface area contributed by atoms with Crippen molar-refractivity contribution in [1.29, 1.82) is 0 Å². The molecule has 1 rings (SSSR count). The number of rotatable bonds is 6. The van der Waals surface area contributed by atoms with Gasteiger partial charge in [-0.1, -0.05) is 21.4 Å². The second-order valence-corrected chi connectivity index (χ2v) is 3.19. The van der Waals surface area contributed by atoms with E-state index in [4.69, 9.17) is 0 Å². The lowest BCUT2D eigenvalue weighted by Gasteiger charge is -2.12. The van der Waals surface area contributed by atoms with Crippen molar-refractivity contribution in [3.05, 3.63) is 24.8 Å². The first-order chi connectivity index (χ1) is 8.54. The van der Waals surface area contributed by atoms with Crippen LogP contribution < -0.4 is 0 Å². The summed E-state index contributed by atoms with van der Waals surface area (Å²) < 4.78 is 9.23. The molecule has 0 aromatic rings. The normalized spacial score (nSPS) is 12.3. The van der Waals surface area contributed by atoms with Gasteiger partial charge < -0.3 is 9.47 Å². The van der Waals surface area contributed by atoms with E-state index in [0.717, 1.165) is 23.1 Å². The topological polar surface area (TPSA) is 90.0 Å². The van der Waals surface area contributed by atoms with Gasteiger partial charge in [-0.05, 0) is 0 Å². The molecular formula is C13H19NO6. The van der Waals surface area contributed by atoms with Gasteiger partial charge in [-0.3, -0.25) is 19.3 Å². The van der Waals surface area contributed by atoms with Crippen LogP contribution in [0.5, 0.6) is 0 Å². The molecule has 1 aliphatic heterocycles. The van der Waals surface area contributed by atoms with Crippen molar-refractivity contribution in [3.63, 3.8) is 0 Å². The van der Waals surface area contributed by atoms with Crippen molar-refractivity contribution in [2.45, 2.75) is 14.9 Å². The van der Waals surface area contributed by atoms with E-state index in [0.29, 0.717) is 0 Å². The second kappa shape index (κ2) is 9.48. The summed E-state index contributed by atoms with van der Waals surface area (Å²) in [5, 5.41) is 0. The second-order valence-electron chi connectivity index (χ2n) is 3.19. The Morgan fingerprint density at radius 2 is 1.60 bits per heavy atom. The summed E-state index contributed by atoms with van der Waals surface area (Å²) >= 11 is 0. The number of ether oxygens (including phenoxy) is 2. The van der Waals surface area contributed by atoms with Crippen LogP contribution in [-0.2, 0) is 28.7 Å². The lowest BCUT2D eigenvalue weighted by molar-refractivity contribution is -0.154. The summed E-state index contributed by atoms with van der Waals surface area (Å²) in [5.74, 6) is -2.50. The van der Waals surface area contributed by atoms with Crippen LogP contribution in [0.3, 0.4) is 0 Å². The van der Waals surface area contributed by atoms with Gasteiger partial charge in [-0.25, -0.2) is 4.79 Å². The predicted molar refractivity (Wildman–Crippen MR) is 71.4 cm³/mol. The third kappa shape index (κ3) is 5.94. The third-order valence-corrected chi connectivity index (χ3v) is 1.95. The lowest BCUT2D eigenvalue weighted by Crippen LogP contribution is -2.36. The van der Waals surface area contributed by atoms with Crippen LogP contribution in [0.2, 0.25) is 0 Å². The summed E-state index contributed by atoms with van der Waals surface area (Å²) in [4.78, 5) is 44.8. The van der Waals surface area contributed by atoms with Gasteiger partial charge in [0.2, 0.25) is 0 Å². The van der Waals surface area contributed by atoms with Crippen LogP contribution in [0.1, 0.15) is 14.9 Å². The first kappa shape index (κ1) is 19.9. The van der Waals surface area contributed by atoms with E-state index in [-0.39, 0.29) is 28.1 Å². The van der Waals surface area contributed by atoms with E-state index in [1.54, 1.807) is 0 Å². The monoisotopic (exact) mass is 285 g/mol. The highest BCUT2D eigenvalue weighted by Gasteiger charge is 2.26. The molecule has 20 heavy (non-hydrogen) atoms. The molecule has 0 aromatic heterocycles. The SMILES string of the molecule is C.C.C=CC(=O)OCCOC(=O)CN1C(=O)C=CC1=O. The van der Waals surface area contributed by atoms with Gasteiger partial charge in [-0.2, -0.15) is 0 Å². The molecular weight excluding hydrogens is 266 g/mol. The minimum absolute atomic E-state index is 0. The Labute approximate surface area is 117 Å². The molecule has 0 saturated carbocycles. The molecule has 2 amide bonds. The Hall–Kier alpha value is -2.44. The first-order valence-corrected chi connectivity index (χ1v) is 5.03. The molecule has 0 saturated heterocycles. The Morgan fingerprint density at radius 3 is 2.10 bits per heavy atom. The molecule has 0 radical (unpaired) electrons. The van der Waals surface area contributed by atoms with E-state index in [1.165, 1.54) is 0 Å². The smallest absolute Gasteiger partial charge is 0.330 e. The highest BCUT2D eigenvalue weighted by molar-refractivity contribution is 6.14. The maximum atomic E-state index is 11.2. The number of amides is 2. The van der Waals surface area contributed by atoms with Crippen LogP contribution in [-0.4, -0.2) is 48.4 Å². The van der Waals surface area contributed by atoms with E-state index >= 15 is 0 Å². The number of carbonyl (C=O) groups is 4. The van der Waals surface area contributed by atoms with Crippen LogP contribution in [0.25, 0.3) is 0 Å². The van der Waals surface area contributed by atoms with E-state index in [1.807, 2.05) is 0 Å². The van der Waals surface area contributed by atoms with Gasteiger partial charge in [0.05, 0.1) is 0 Å². The van der Waals surface area contributed by atoms with Crippen molar-refractivity contribution < 1.29 is 28.7 Å². The average molecular weight is 285 g/mol. The maximum absolute atomic E-state index is 11.2. The fourth-order valence-corrected chi connectivity index (χ4v) is 1.12. The quantitative estimate of drug-likeness (QED) is 0.305. The van der Waals surface area contributed by atoms with Crippen LogP contribution >= 0.6 is 0 Å². The molecule has 112 valence electrons. The van der Waals surface area contributed by atoms with Crippen LogP contribution in [0.4, 0.5) is 0 Å². The summed E-state index contributed by atoms with van der Waals surface area (Å²) in [6, 6.07) is 0. The van der Waals surface area contributed by atoms with Gasteiger partial charge in [0.25, 0.3) is 11.8 Å². The molecule has 0 atom stereocenters. The number of hydrogen-bond acceptors (Lipinski definition) is 6. The maximum Gasteiger partial charge on any atom is 0.330 e. The van der Waals surface area contributed by atoms with Crippen molar-refractivity contribution in [3.8, 4) is 0 Å². The Balaban J connectivity index is 0. The lowest BCUT2D eigenvalue weighted by atomic mass is 10.5. The van der Waals surface area contributed by atoms with E-state index in [9.17, 15) is 19.2 Å². The van der Waals surface area contributed by atoms with Gasteiger partial charge >= 0.3 is 11.9 Å². The number of esters is 2. The van der Waals surface area contributed by atoms with Gasteiger partial charge in [0, 0.05) is 18.2 Å². The highest BCUT2D eigenvalue weighted by atomic mass is 16.6. The highest BCUT2D eigenvalue weighted by Crippen LogP contribution is 2.03. The molecule has 0 unspecified atom stereocenters. The van der Waals surface area contributed by atoms with Crippen molar-refractivity contribution in [1.82, 2.24) is 4.90 Å². The zero-order valence-corrected chi connectivity index (χ0v) is 9.46. The Kier molecular flexibility index (Phi) is 9.43. The Morgan fingerprint density at radius 1 is 1.10 bits per heavy atom. The van der Waals surface area contributed by atoms with E-state index in [2.05, 4.69) is 16.1 Å². The zero-order chi connectivity index (χ0) is 13.5. The molecule has 0 fully saturated rings. The number of hydrogen-bond donors (Lipinski definition) is 0. The minimum Gasteiger partial charge on any atom is -0.461 e. The molecule has 7 heteroatoms. The fourth-order valence-electron chi connectivity index (χ4n) is 1.12. The summed E-state index contributed by atoms with van der Waals surface area (Å²) in [6.07, 6.45) is 3.12. The third-order valence-electron chi connectivity index (χ3n) is 1.95. The molecule has 0 bridgehead atoms. The summed E-state index contributed by atoms with van der Waals surface area (Å²) in [7, 11) is 0. The first-order valence-electron chi connectivity index (χ1n) is 5.03.